The van der Waals surface area contributed by atoms with E-state index in [2.05, 4.69) is 20.8 Å². The summed E-state index contributed by atoms with van der Waals surface area (Å²) in [6.45, 7) is 5.66. The first-order valence-electron chi connectivity index (χ1n) is 9.05. The Kier molecular flexibility index (Phi) is 6.43. The number of amidine groups is 1. The molecule has 2 N–H and O–H groups in total. The predicted molar refractivity (Wildman–Crippen MR) is 115 cm³/mol. The molecule has 0 spiro atoms. The molecule has 2 amide bonds. The minimum Gasteiger partial charge on any atom is -0.326 e. The summed E-state index contributed by atoms with van der Waals surface area (Å²) in [5, 5.41) is 13.4. The van der Waals surface area contributed by atoms with E-state index in [1.54, 1.807) is 19.1 Å². The van der Waals surface area contributed by atoms with Crippen LogP contribution in [0.15, 0.2) is 52.7 Å². The van der Waals surface area contributed by atoms with Gasteiger partial charge in [-0.1, -0.05) is 36.0 Å². The van der Waals surface area contributed by atoms with E-state index in [9.17, 15) is 14.0 Å². The number of rotatable bonds is 5. The van der Waals surface area contributed by atoms with E-state index in [-0.39, 0.29) is 24.1 Å². The van der Waals surface area contributed by atoms with Crippen LogP contribution in [0.3, 0.4) is 0 Å². The molecule has 0 saturated carbocycles. The second-order valence-electron chi connectivity index (χ2n) is 6.69. The van der Waals surface area contributed by atoms with Crippen molar-refractivity contribution < 1.29 is 14.0 Å². The maximum absolute atomic E-state index is 13.0. The predicted octanol–water partition coefficient (Wildman–Crippen LogP) is 3.78. The highest BCUT2D eigenvalue weighted by molar-refractivity contribution is 8.15. The van der Waals surface area contributed by atoms with Crippen molar-refractivity contribution >= 4 is 40.1 Å². The van der Waals surface area contributed by atoms with E-state index in [1.807, 2.05) is 32.0 Å². The SMILES string of the molecule is C/C(=N\N=C1\NC(=O)C(CC(=O)Nc2cccc(C)c2C)S1)c1ccc(F)cc1. The third kappa shape index (κ3) is 5.29. The van der Waals surface area contributed by atoms with E-state index in [4.69, 9.17) is 0 Å². The fourth-order valence-corrected chi connectivity index (χ4v) is 3.63. The molecule has 2 aromatic rings. The average Bonchev–Trinajstić information content (AvgIpc) is 3.03. The highest BCUT2D eigenvalue weighted by atomic mass is 32.2. The molecule has 150 valence electrons. The Morgan fingerprint density at radius 1 is 1.21 bits per heavy atom. The summed E-state index contributed by atoms with van der Waals surface area (Å²) in [5.41, 5.74) is 4.14. The quantitative estimate of drug-likeness (QED) is 0.579. The van der Waals surface area contributed by atoms with Crippen molar-refractivity contribution in [3.8, 4) is 0 Å². The summed E-state index contributed by atoms with van der Waals surface area (Å²) >= 11 is 1.17. The number of carbonyl (C=O) groups is 2. The van der Waals surface area contributed by atoms with Crippen molar-refractivity contribution in [2.24, 2.45) is 10.2 Å². The van der Waals surface area contributed by atoms with Crippen LogP contribution in [0.5, 0.6) is 0 Å². The molecular weight excluding hydrogens is 391 g/mol. The number of anilines is 1. The molecule has 1 saturated heterocycles. The molecule has 3 rings (SSSR count). The van der Waals surface area contributed by atoms with Gasteiger partial charge in [0.15, 0.2) is 5.17 Å². The molecule has 0 radical (unpaired) electrons. The summed E-state index contributed by atoms with van der Waals surface area (Å²) < 4.78 is 13.0. The van der Waals surface area contributed by atoms with Crippen LogP contribution in [0.25, 0.3) is 0 Å². The van der Waals surface area contributed by atoms with Crippen molar-refractivity contribution in [3.05, 3.63) is 65.0 Å². The first-order valence-corrected chi connectivity index (χ1v) is 9.93. The highest BCUT2D eigenvalue weighted by Crippen LogP contribution is 2.24. The van der Waals surface area contributed by atoms with Gasteiger partial charge in [0.25, 0.3) is 0 Å². The maximum Gasteiger partial charge on any atom is 0.240 e. The number of hydrogen-bond acceptors (Lipinski definition) is 5. The van der Waals surface area contributed by atoms with Gasteiger partial charge < -0.3 is 10.6 Å². The summed E-state index contributed by atoms with van der Waals surface area (Å²) in [5.74, 6) is -0.841. The number of benzene rings is 2. The van der Waals surface area contributed by atoms with Crippen LogP contribution in [0.1, 0.15) is 30.0 Å². The molecule has 0 aromatic heterocycles. The van der Waals surface area contributed by atoms with Crippen molar-refractivity contribution in [3.63, 3.8) is 0 Å². The van der Waals surface area contributed by atoms with Crippen molar-refractivity contribution in [1.82, 2.24) is 5.32 Å². The number of hydrogen-bond donors (Lipinski definition) is 2. The Morgan fingerprint density at radius 3 is 2.66 bits per heavy atom. The van der Waals surface area contributed by atoms with Gasteiger partial charge in [0.05, 0.1) is 5.71 Å². The van der Waals surface area contributed by atoms with Crippen molar-refractivity contribution in [1.29, 1.82) is 0 Å². The van der Waals surface area contributed by atoms with Crippen LogP contribution in [0.2, 0.25) is 0 Å². The normalized spacial score (nSPS) is 18.1. The summed E-state index contributed by atoms with van der Waals surface area (Å²) in [4.78, 5) is 24.5. The van der Waals surface area contributed by atoms with Crippen molar-refractivity contribution in [2.45, 2.75) is 32.4 Å². The van der Waals surface area contributed by atoms with E-state index >= 15 is 0 Å². The number of nitrogens with one attached hydrogen (secondary N) is 2. The molecule has 29 heavy (non-hydrogen) atoms. The number of thioether (sulfide) groups is 1. The minimum atomic E-state index is -0.569. The topological polar surface area (TPSA) is 82.9 Å². The van der Waals surface area contributed by atoms with Gasteiger partial charge in [0.1, 0.15) is 11.1 Å². The molecule has 8 heteroatoms. The van der Waals surface area contributed by atoms with Gasteiger partial charge in [-0.3, -0.25) is 9.59 Å². The van der Waals surface area contributed by atoms with Gasteiger partial charge in [0, 0.05) is 12.1 Å². The average molecular weight is 412 g/mol. The number of nitrogens with zero attached hydrogens (tertiary/aromatic N) is 2. The van der Waals surface area contributed by atoms with Crippen LogP contribution >= 0.6 is 11.8 Å². The van der Waals surface area contributed by atoms with Crippen LogP contribution in [0, 0.1) is 19.7 Å². The van der Waals surface area contributed by atoms with Crippen LogP contribution < -0.4 is 10.6 Å². The Labute approximate surface area is 172 Å². The molecule has 1 unspecified atom stereocenters. The van der Waals surface area contributed by atoms with Gasteiger partial charge in [-0.15, -0.1) is 5.10 Å². The molecule has 6 nitrogen and oxygen atoms in total. The second-order valence-corrected chi connectivity index (χ2v) is 7.88. The zero-order valence-electron chi connectivity index (χ0n) is 16.3. The third-order valence-electron chi connectivity index (χ3n) is 4.58. The Hall–Kier alpha value is -3.00. The molecular formula is C21H21FN4O2S. The lowest BCUT2D eigenvalue weighted by Gasteiger charge is -2.11. The van der Waals surface area contributed by atoms with Gasteiger partial charge in [-0.2, -0.15) is 5.10 Å². The molecule has 1 atom stereocenters. The third-order valence-corrected chi connectivity index (χ3v) is 5.65. The fraction of sp³-hybridized carbons (Fsp3) is 0.238. The molecule has 2 aromatic carbocycles. The lowest BCUT2D eigenvalue weighted by molar-refractivity contribution is -0.122. The van der Waals surface area contributed by atoms with Gasteiger partial charge in [-0.05, 0) is 55.7 Å². The van der Waals surface area contributed by atoms with Crippen LogP contribution in [-0.4, -0.2) is 27.9 Å². The smallest absolute Gasteiger partial charge is 0.240 e. The van der Waals surface area contributed by atoms with Crippen molar-refractivity contribution in [2.75, 3.05) is 5.32 Å². The van der Waals surface area contributed by atoms with E-state index < -0.39 is 5.25 Å². The molecule has 0 aliphatic carbocycles. The Morgan fingerprint density at radius 2 is 1.93 bits per heavy atom. The minimum absolute atomic E-state index is 0.0313. The molecule has 1 aliphatic rings. The summed E-state index contributed by atoms with van der Waals surface area (Å²) in [7, 11) is 0. The standard InChI is InChI=1S/C21H21FN4O2S/c1-12-5-4-6-17(13(12)2)23-19(27)11-18-20(28)24-21(29-18)26-25-14(3)15-7-9-16(22)10-8-15/h4-10,18H,11H2,1-3H3,(H,23,27)(H,24,26,28)/b25-14+. The first kappa shape index (κ1) is 20.7. The van der Waals surface area contributed by atoms with E-state index in [0.29, 0.717) is 10.9 Å². The first-order chi connectivity index (χ1) is 13.8. The number of amides is 2. The van der Waals surface area contributed by atoms with Gasteiger partial charge >= 0.3 is 0 Å². The van der Waals surface area contributed by atoms with Crippen LogP contribution in [-0.2, 0) is 9.59 Å². The number of halogens is 1. The highest BCUT2D eigenvalue weighted by Gasteiger charge is 2.32. The summed E-state index contributed by atoms with van der Waals surface area (Å²) in [6.07, 6.45) is 0.0313. The number of aryl methyl sites for hydroxylation is 1. The Balaban J connectivity index is 1.61. The fourth-order valence-electron chi connectivity index (χ4n) is 2.71. The molecule has 1 aliphatic heterocycles. The largest absolute Gasteiger partial charge is 0.326 e. The van der Waals surface area contributed by atoms with Gasteiger partial charge in [0.2, 0.25) is 11.8 Å². The second kappa shape index (κ2) is 9.00. The zero-order chi connectivity index (χ0) is 21.0. The lowest BCUT2D eigenvalue weighted by atomic mass is 10.1. The molecule has 1 heterocycles. The monoisotopic (exact) mass is 412 g/mol. The zero-order valence-corrected chi connectivity index (χ0v) is 17.1. The van der Waals surface area contributed by atoms with E-state index in [0.717, 1.165) is 22.4 Å². The Bertz CT molecular complexity index is 1000. The summed E-state index contributed by atoms with van der Waals surface area (Å²) in [6, 6.07) is 11.6. The molecule has 0 bridgehead atoms. The molecule has 1 fully saturated rings. The van der Waals surface area contributed by atoms with Crippen LogP contribution in [0.4, 0.5) is 10.1 Å². The lowest BCUT2D eigenvalue weighted by Crippen LogP contribution is -2.28. The van der Waals surface area contributed by atoms with Gasteiger partial charge in [-0.25, -0.2) is 4.39 Å². The maximum atomic E-state index is 13.0. The van der Waals surface area contributed by atoms with E-state index in [1.165, 1.54) is 23.9 Å². The number of carbonyl (C=O) groups excluding carboxylic acids is 2.